The third kappa shape index (κ3) is 5.74. The molecule has 2 aromatic rings. The van der Waals surface area contributed by atoms with E-state index < -0.39 is 28.3 Å². The minimum atomic E-state index is -4.09. The first-order valence-electron chi connectivity index (χ1n) is 14.7. The van der Waals surface area contributed by atoms with Crippen molar-refractivity contribution in [2.24, 2.45) is 11.8 Å². The third-order valence-corrected chi connectivity index (χ3v) is 10.8. The first-order chi connectivity index (χ1) is 19.7. The number of benzene rings is 2. The lowest BCUT2D eigenvalue weighted by atomic mass is 9.68. The number of hydrogen-bond acceptors (Lipinski definition) is 6. The molecule has 6 rings (SSSR count). The van der Waals surface area contributed by atoms with Crippen LogP contribution in [0.25, 0.3) is 0 Å². The minimum absolute atomic E-state index is 0.114. The highest BCUT2D eigenvalue weighted by Gasteiger charge is 2.44. The van der Waals surface area contributed by atoms with Crippen LogP contribution in [0.4, 0.5) is 5.69 Å². The molecule has 1 spiro atoms. The maximum absolute atomic E-state index is 13.2. The smallest absolute Gasteiger partial charge is 0.301 e. The van der Waals surface area contributed by atoms with Crippen molar-refractivity contribution in [1.29, 1.82) is 0 Å². The van der Waals surface area contributed by atoms with Crippen LogP contribution in [0.3, 0.4) is 0 Å². The predicted octanol–water partition coefficient (Wildman–Crippen LogP) is 4.50. The van der Waals surface area contributed by atoms with Gasteiger partial charge in [-0.2, -0.15) is 13.1 Å². The molecule has 0 radical (unpaired) electrons. The predicted molar refractivity (Wildman–Crippen MR) is 160 cm³/mol. The van der Waals surface area contributed by atoms with Crippen LogP contribution < -0.4 is 19.1 Å². The largest absolute Gasteiger partial charge is 0.490 e. The standard InChI is InChI=1S/C31H38ClN3O5S/c1-2-24-6-3-7-28(36)25-11-8-22(25)17-35-18-31(14-4-5-20-15-23(32)10-12-26(20)31)19-40-29-13-9-21(16-27(29)35)30(37)34-41(38,39)33-24/h3,7,9-10,12-13,15-16,22,24-25,28,33,36H,2,4-6,8,11,14,17-19H2,1H3,(H,34,37)/b7-3-/t22-,24-,25+,28-,31-/m0/s1. The molecular formula is C31H38ClN3O5S. The van der Waals surface area contributed by atoms with Gasteiger partial charge in [-0.1, -0.05) is 36.7 Å². The maximum Gasteiger partial charge on any atom is 0.301 e. The van der Waals surface area contributed by atoms with E-state index in [0.29, 0.717) is 38.3 Å². The van der Waals surface area contributed by atoms with E-state index in [4.69, 9.17) is 16.3 Å². The van der Waals surface area contributed by atoms with Crippen molar-refractivity contribution in [2.45, 2.75) is 69.4 Å². The van der Waals surface area contributed by atoms with E-state index in [9.17, 15) is 18.3 Å². The summed E-state index contributed by atoms with van der Waals surface area (Å²) in [7, 11) is -4.09. The van der Waals surface area contributed by atoms with Crippen molar-refractivity contribution in [3.63, 3.8) is 0 Å². The number of fused-ring (bicyclic) bond motifs is 4. The van der Waals surface area contributed by atoms with Crippen LogP contribution in [0.1, 0.15) is 66.9 Å². The third-order valence-electron chi connectivity index (χ3n) is 9.46. The highest BCUT2D eigenvalue weighted by Crippen LogP contribution is 2.46. The van der Waals surface area contributed by atoms with E-state index in [1.54, 1.807) is 24.3 Å². The summed E-state index contributed by atoms with van der Waals surface area (Å²) in [6.07, 6.45) is 8.93. The molecular weight excluding hydrogens is 562 g/mol. The second kappa shape index (κ2) is 11.2. The first kappa shape index (κ1) is 28.5. The van der Waals surface area contributed by atoms with Gasteiger partial charge in [0.25, 0.3) is 5.91 Å². The van der Waals surface area contributed by atoms with Crippen LogP contribution in [0.15, 0.2) is 48.6 Å². The number of ether oxygens (including phenoxy) is 1. The zero-order chi connectivity index (χ0) is 28.8. The van der Waals surface area contributed by atoms with Gasteiger partial charge in [0.2, 0.25) is 0 Å². The van der Waals surface area contributed by atoms with E-state index in [1.807, 2.05) is 19.1 Å². The van der Waals surface area contributed by atoms with Crippen LogP contribution in [0.2, 0.25) is 5.02 Å². The molecule has 220 valence electrons. The average Bonchev–Trinajstić information content (AvgIpc) is 3.06. The Morgan fingerprint density at radius 2 is 2.05 bits per heavy atom. The number of aliphatic hydroxyl groups excluding tert-OH is 1. The number of hydrogen-bond donors (Lipinski definition) is 3. The van der Waals surface area contributed by atoms with E-state index in [-0.39, 0.29) is 22.8 Å². The summed E-state index contributed by atoms with van der Waals surface area (Å²) in [6, 6.07) is 10.9. The van der Waals surface area contributed by atoms with Crippen molar-refractivity contribution >= 4 is 33.4 Å². The monoisotopic (exact) mass is 599 g/mol. The van der Waals surface area contributed by atoms with Gasteiger partial charge < -0.3 is 14.7 Å². The molecule has 8 nitrogen and oxygen atoms in total. The molecule has 2 bridgehead atoms. The van der Waals surface area contributed by atoms with Crippen LogP contribution in [0.5, 0.6) is 5.75 Å². The van der Waals surface area contributed by atoms with E-state index in [2.05, 4.69) is 26.5 Å². The molecule has 2 aliphatic heterocycles. The van der Waals surface area contributed by atoms with Crippen molar-refractivity contribution in [2.75, 3.05) is 24.6 Å². The number of aryl methyl sites for hydroxylation is 1. The lowest BCUT2D eigenvalue weighted by Gasteiger charge is -2.45. The van der Waals surface area contributed by atoms with Gasteiger partial charge in [-0.25, -0.2) is 4.72 Å². The topological polar surface area (TPSA) is 108 Å². The Labute approximate surface area is 247 Å². The zero-order valence-electron chi connectivity index (χ0n) is 23.3. The summed E-state index contributed by atoms with van der Waals surface area (Å²) in [5.74, 6) is 0.371. The number of amides is 1. The van der Waals surface area contributed by atoms with Gasteiger partial charge >= 0.3 is 10.2 Å². The van der Waals surface area contributed by atoms with Crippen molar-refractivity contribution in [1.82, 2.24) is 9.44 Å². The van der Waals surface area contributed by atoms with Gasteiger partial charge in [0.1, 0.15) is 5.75 Å². The number of carbonyl (C=O) groups excluding carboxylic acids is 1. The zero-order valence-corrected chi connectivity index (χ0v) is 24.9. The summed E-state index contributed by atoms with van der Waals surface area (Å²) in [5, 5.41) is 11.8. The van der Waals surface area contributed by atoms with Crippen molar-refractivity contribution in [3.8, 4) is 5.75 Å². The quantitative estimate of drug-likeness (QED) is 0.417. The normalized spacial score (nSPS) is 32.0. The number of rotatable bonds is 1. The van der Waals surface area contributed by atoms with E-state index in [0.717, 1.165) is 42.8 Å². The average molecular weight is 600 g/mol. The lowest BCUT2D eigenvalue weighted by Crippen LogP contribution is -2.49. The fourth-order valence-electron chi connectivity index (χ4n) is 7.06. The highest BCUT2D eigenvalue weighted by molar-refractivity contribution is 7.88. The summed E-state index contributed by atoms with van der Waals surface area (Å²) >= 11 is 6.37. The molecule has 2 heterocycles. The molecule has 3 N–H and O–H groups in total. The van der Waals surface area contributed by atoms with Crippen LogP contribution in [-0.2, 0) is 22.0 Å². The lowest BCUT2D eigenvalue weighted by molar-refractivity contribution is 0.0456. The number of nitrogens with one attached hydrogen (secondary N) is 2. The maximum atomic E-state index is 13.2. The molecule has 4 aliphatic rings. The Kier molecular flexibility index (Phi) is 7.82. The molecule has 41 heavy (non-hydrogen) atoms. The SMILES string of the molecule is CC[C@H]1C/C=C\[C@H](O)[C@@H]2CC[C@H]2CN2C[C@@]3(CCCc4cc(Cl)ccc43)COc3ccc(cc32)C(=O)NS(=O)(=O)N1. The Hall–Kier alpha value is -2.59. The van der Waals surface area contributed by atoms with E-state index in [1.165, 1.54) is 11.1 Å². The fraction of sp³-hybridized carbons (Fsp3) is 0.516. The van der Waals surface area contributed by atoms with Gasteiger partial charge in [-0.3, -0.25) is 4.79 Å². The molecule has 10 heteroatoms. The Bertz CT molecular complexity index is 1460. The van der Waals surface area contributed by atoms with Gasteiger partial charge in [-0.05, 0) is 98.2 Å². The molecule has 0 aromatic heterocycles. The van der Waals surface area contributed by atoms with Crippen LogP contribution in [0, 0.1) is 11.8 Å². The summed E-state index contributed by atoms with van der Waals surface area (Å²) < 4.78 is 37.0. The number of aliphatic hydroxyl groups is 1. The Morgan fingerprint density at radius 1 is 1.20 bits per heavy atom. The Balaban J connectivity index is 1.41. The molecule has 2 aliphatic carbocycles. The highest BCUT2D eigenvalue weighted by atomic mass is 35.5. The summed E-state index contributed by atoms with van der Waals surface area (Å²) in [6.45, 7) is 3.77. The molecule has 5 atom stereocenters. The van der Waals surface area contributed by atoms with Gasteiger partial charge in [0.15, 0.2) is 0 Å². The number of carbonyl (C=O) groups is 1. The van der Waals surface area contributed by atoms with E-state index >= 15 is 0 Å². The fourth-order valence-corrected chi connectivity index (χ4v) is 8.38. The Morgan fingerprint density at radius 3 is 2.83 bits per heavy atom. The van der Waals surface area contributed by atoms with Crippen molar-refractivity contribution < 1.29 is 23.1 Å². The molecule has 1 saturated carbocycles. The molecule has 0 unspecified atom stereocenters. The van der Waals surface area contributed by atoms with Crippen LogP contribution in [-0.4, -0.2) is 51.3 Å². The second-order valence-electron chi connectivity index (χ2n) is 12.1. The molecule has 2 aromatic carbocycles. The van der Waals surface area contributed by atoms with Gasteiger partial charge in [0, 0.05) is 35.1 Å². The van der Waals surface area contributed by atoms with Gasteiger partial charge in [-0.15, -0.1) is 0 Å². The van der Waals surface area contributed by atoms with Gasteiger partial charge in [0.05, 0.1) is 18.4 Å². The van der Waals surface area contributed by atoms with Crippen molar-refractivity contribution in [3.05, 3.63) is 70.3 Å². The summed E-state index contributed by atoms with van der Waals surface area (Å²) in [5.41, 5.74) is 3.26. The molecule has 1 fully saturated rings. The second-order valence-corrected chi connectivity index (χ2v) is 14.0. The summed E-state index contributed by atoms with van der Waals surface area (Å²) in [4.78, 5) is 15.5. The number of anilines is 1. The number of halogens is 1. The molecule has 0 saturated heterocycles. The van der Waals surface area contributed by atoms with Crippen LogP contribution >= 0.6 is 11.6 Å². The number of nitrogens with zero attached hydrogens (tertiary/aromatic N) is 1. The minimum Gasteiger partial charge on any atom is -0.490 e. The molecule has 1 amide bonds. The first-order valence-corrected chi connectivity index (χ1v) is 16.5.